The van der Waals surface area contributed by atoms with Gasteiger partial charge in [0.25, 0.3) is 0 Å². The lowest BCUT2D eigenvalue weighted by molar-refractivity contribution is -0.140. The second-order valence-electron chi connectivity index (χ2n) is 9.79. The number of carbonyl (C=O) groups excluding carboxylic acids is 2. The summed E-state index contributed by atoms with van der Waals surface area (Å²) in [6.07, 6.45) is 1.07. The van der Waals surface area contributed by atoms with Crippen LogP contribution in [0.15, 0.2) is 65.0 Å². The van der Waals surface area contributed by atoms with E-state index in [0.29, 0.717) is 35.2 Å². The first-order valence-corrected chi connectivity index (χ1v) is 11.5. The lowest BCUT2D eigenvalue weighted by Crippen LogP contribution is -2.38. The van der Waals surface area contributed by atoms with E-state index < -0.39 is 11.9 Å². The number of hydrogen-bond acceptors (Lipinski definition) is 7. The minimum atomic E-state index is -0.632. The van der Waals surface area contributed by atoms with Crippen molar-refractivity contribution in [3.63, 3.8) is 0 Å². The van der Waals surface area contributed by atoms with E-state index >= 15 is 0 Å². The Morgan fingerprint density at radius 3 is 2.46 bits per heavy atom. The van der Waals surface area contributed by atoms with E-state index in [1.807, 2.05) is 19.1 Å². The SMILES string of the molecule is COc1ccc(COC(=O)C2=C(C)NC3=C(C(=O)CC(C)(C)C3)C2c2ccc(O)c(OC)c2)cc1. The molecule has 1 atom stereocenters. The molecule has 0 bridgehead atoms. The van der Waals surface area contributed by atoms with E-state index in [2.05, 4.69) is 19.2 Å². The number of phenols is 1. The number of ketones is 1. The summed E-state index contributed by atoms with van der Waals surface area (Å²) in [6, 6.07) is 12.2. The van der Waals surface area contributed by atoms with Crippen molar-refractivity contribution in [3.8, 4) is 17.2 Å². The number of carbonyl (C=O) groups is 2. The van der Waals surface area contributed by atoms with Crippen molar-refractivity contribution in [2.45, 2.75) is 46.1 Å². The lowest BCUT2D eigenvalue weighted by atomic mass is 9.68. The summed E-state index contributed by atoms with van der Waals surface area (Å²) in [4.78, 5) is 26.9. The van der Waals surface area contributed by atoms with Crippen LogP contribution >= 0.6 is 0 Å². The molecule has 1 unspecified atom stereocenters. The van der Waals surface area contributed by atoms with Crippen LogP contribution in [-0.2, 0) is 20.9 Å². The molecule has 1 aliphatic carbocycles. The third-order valence-corrected chi connectivity index (χ3v) is 6.53. The molecule has 2 aromatic rings. The number of ether oxygens (including phenoxy) is 3. The summed E-state index contributed by atoms with van der Waals surface area (Å²) < 4.78 is 16.2. The first-order valence-electron chi connectivity index (χ1n) is 11.5. The Labute approximate surface area is 205 Å². The lowest BCUT2D eigenvalue weighted by Gasteiger charge is -2.39. The van der Waals surface area contributed by atoms with Crippen molar-refractivity contribution in [2.75, 3.05) is 14.2 Å². The molecular formula is C28H31NO6. The topological polar surface area (TPSA) is 94.1 Å². The summed E-state index contributed by atoms with van der Waals surface area (Å²) in [5.41, 5.74) is 3.72. The molecule has 1 aliphatic heterocycles. The maximum Gasteiger partial charge on any atom is 0.337 e. The van der Waals surface area contributed by atoms with Crippen LogP contribution < -0.4 is 14.8 Å². The van der Waals surface area contributed by atoms with Gasteiger partial charge in [0.2, 0.25) is 0 Å². The highest BCUT2D eigenvalue weighted by Gasteiger charge is 2.43. The first-order chi connectivity index (χ1) is 16.6. The van der Waals surface area contributed by atoms with Crippen molar-refractivity contribution in [1.29, 1.82) is 0 Å². The van der Waals surface area contributed by atoms with E-state index in [4.69, 9.17) is 14.2 Å². The minimum Gasteiger partial charge on any atom is -0.504 e. The monoisotopic (exact) mass is 477 g/mol. The van der Waals surface area contributed by atoms with E-state index in [9.17, 15) is 14.7 Å². The minimum absolute atomic E-state index is 0.00579. The zero-order chi connectivity index (χ0) is 25.3. The van der Waals surface area contributed by atoms with Gasteiger partial charge in [-0.05, 0) is 54.2 Å². The predicted octanol–water partition coefficient (Wildman–Crippen LogP) is 4.76. The molecule has 1 heterocycles. The van der Waals surface area contributed by atoms with Gasteiger partial charge >= 0.3 is 5.97 Å². The largest absolute Gasteiger partial charge is 0.504 e. The van der Waals surface area contributed by atoms with Gasteiger partial charge in [0, 0.05) is 29.3 Å². The molecule has 2 N–H and O–H groups in total. The summed E-state index contributed by atoms with van der Waals surface area (Å²) in [7, 11) is 3.06. The second kappa shape index (κ2) is 9.49. The Kier molecular flexibility index (Phi) is 6.61. The number of Topliss-reactive ketones (excluding diaryl/α,β-unsaturated/α-hetero) is 1. The smallest absolute Gasteiger partial charge is 0.337 e. The molecule has 0 radical (unpaired) electrons. The summed E-state index contributed by atoms with van der Waals surface area (Å²) in [6.45, 7) is 6.03. The molecule has 0 saturated carbocycles. The molecule has 0 amide bonds. The summed E-state index contributed by atoms with van der Waals surface area (Å²) >= 11 is 0. The average Bonchev–Trinajstić information content (AvgIpc) is 2.81. The molecule has 184 valence electrons. The van der Waals surface area contributed by atoms with Crippen LogP contribution in [0.25, 0.3) is 0 Å². The normalized spacial score (nSPS) is 19.1. The number of rotatable bonds is 6. The number of dihydropyridines is 1. The molecule has 2 aliphatic rings. The zero-order valence-electron chi connectivity index (χ0n) is 20.7. The number of hydrogen-bond donors (Lipinski definition) is 2. The number of phenolic OH excluding ortho intramolecular Hbond substituents is 1. The van der Waals surface area contributed by atoms with Crippen molar-refractivity contribution < 1.29 is 28.9 Å². The average molecular weight is 478 g/mol. The Morgan fingerprint density at radius 2 is 1.80 bits per heavy atom. The predicted molar refractivity (Wildman–Crippen MR) is 131 cm³/mol. The number of allylic oxidation sites excluding steroid dienone is 3. The molecule has 0 spiro atoms. The number of methoxy groups -OCH3 is 2. The highest BCUT2D eigenvalue weighted by atomic mass is 16.5. The summed E-state index contributed by atoms with van der Waals surface area (Å²) in [5.74, 6) is -0.168. The standard InChI is InChI=1S/C28H31NO6/c1-16-24(27(32)35-15-17-6-9-19(33-4)10-7-17)25(18-8-11-21(30)23(12-18)34-5)26-20(29-16)13-28(2,3)14-22(26)31/h6-12,25,29-30H,13-15H2,1-5H3. The first kappa shape index (κ1) is 24.4. The molecule has 2 aromatic carbocycles. The molecule has 0 saturated heterocycles. The molecule has 0 fully saturated rings. The molecule has 4 rings (SSSR count). The maximum absolute atomic E-state index is 13.5. The van der Waals surface area contributed by atoms with Crippen LogP contribution in [-0.4, -0.2) is 31.1 Å². The zero-order valence-corrected chi connectivity index (χ0v) is 20.7. The van der Waals surface area contributed by atoms with Crippen molar-refractivity contribution >= 4 is 11.8 Å². The van der Waals surface area contributed by atoms with Crippen molar-refractivity contribution in [1.82, 2.24) is 5.32 Å². The van der Waals surface area contributed by atoms with Gasteiger partial charge in [-0.3, -0.25) is 4.79 Å². The van der Waals surface area contributed by atoms with Gasteiger partial charge in [0.05, 0.1) is 19.8 Å². The van der Waals surface area contributed by atoms with E-state index in [-0.39, 0.29) is 29.3 Å². The number of aromatic hydroxyl groups is 1. The Bertz CT molecular complexity index is 1220. The highest BCUT2D eigenvalue weighted by Crippen LogP contribution is 2.47. The fourth-order valence-electron chi connectivity index (χ4n) is 4.86. The van der Waals surface area contributed by atoms with Crippen LogP contribution in [0.4, 0.5) is 0 Å². The number of nitrogens with one attached hydrogen (secondary N) is 1. The van der Waals surface area contributed by atoms with Gasteiger partial charge in [-0.25, -0.2) is 4.79 Å². The fourth-order valence-corrected chi connectivity index (χ4v) is 4.86. The van der Waals surface area contributed by atoms with Crippen molar-refractivity contribution in [3.05, 3.63) is 76.1 Å². The Morgan fingerprint density at radius 1 is 1.09 bits per heavy atom. The fraction of sp³-hybridized carbons (Fsp3) is 0.357. The van der Waals surface area contributed by atoms with Crippen molar-refractivity contribution in [2.24, 2.45) is 5.41 Å². The van der Waals surface area contributed by atoms with Gasteiger partial charge in [-0.1, -0.05) is 32.0 Å². The van der Waals surface area contributed by atoms with Crippen LogP contribution in [0.1, 0.15) is 50.7 Å². The highest BCUT2D eigenvalue weighted by molar-refractivity contribution is 6.04. The van der Waals surface area contributed by atoms with Gasteiger partial charge in [-0.15, -0.1) is 0 Å². The van der Waals surface area contributed by atoms with Crippen LogP contribution in [0.2, 0.25) is 0 Å². The van der Waals surface area contributed by atoms with E-state index in [1.54, 1.807) is 31.4 Å². The second-order valence-corrected chi connectivity index (χ2v) is 9.79. The molecular weight excluding hydrogens is 446 g/mol. The van der Waals surface area contributed by atoms with E-state index in [1.165, 1.54) is 13.2 Å². The van der Waals surface area contributed by atoms with Gasteiger partial charge in [0.15, 0.2) is 17.3 Å². The Hall–Kier alpha value is -3.74. The quantitative estimate of drug-likeness (QED) is 0.580. The van der Waals surface area contributed by atoms with Gasteiger partial charge in [-0.2, -0.15) is 0 Å². The van der Waals surface area contributed by atoms with Crippen LogP contribution in [0, 0.1) is 5.41 Å². The molecule has 35 heavy (non-hydrogen) atoms. The van der Waals surface area contributed by atoms with Crippen LogP contribution in [0.5, 0.6) is 17.2 Å². The summed E-state index contributed by atoms with van der Waals surface area (Å²) in [5, 5.41) is 13.5. The van der Waals surface area contributed by atoms with E-state index in [0.717, 1.165) is 17.0 Å². The number of benzene rings is 2. The van der Waals surface area contributed by atoms with Crippen LogP contribution in [0.3, 0.4) is 0 Å². The van der Waals surface area contributed by atoms with Gasteiger partial charge in [0.1, 0.15) is 12.4 Å². The third kappa shape index (κ3) is 4.90. The molecule has 7 heteroatoms. The molecule has 7 nitrogen and oxygen atoms in total. The Balaban J connectivity index is 1.72. The number of esters is 1. The molecule has 0 aromatic heterocycles. The third-order valence-electron chi connectivity index (χ3n) is 6.53. The van der Waals surface area contributed by atoms with Gasteiger partial charge < -0.3 is 24.6 Å². The maximum atomic E-state index is 13.5.